The Balaban J connectivity index is 1.69. The molecule has 0 aliphatic carbocycles. The average Bonchev–Trinajstić information content (AvgIpc) is 2.72. The second-order valence-corrected chi connectivity index (χ2v) is 6.72. The molecule has 0 aliphatic rings. The van der Waals surface area contributed by atoms with Gasteiger partial charge < -0.3 is 10.6 Å². The lowest BCUT2D eigenvalue weighted by atomic mass is 10.1. The molecule has 0 saturated carbocycles. The summed E-state index contributed by atoms with van der Waals surface area (Å²) in [5.74, 6) is -0.431. The molecule has 2 N–H and O–H groups in total. The van der Waals surface area contributed by atoms with Crippen molar-refractivity contribution in [2.24, 2.45) is 0 Å². The van der Waals surface area contributed by atoms with Crippen LogP contribution in [0, 0.1) is 6.92 Å². The van der Waals surface area contributed by atoms with E-state index < -0.39 is 0 Å². The molecule has 3 aromatic rings. The summed E-state index contributed by atoms with van der Waals surface area (Å²) in [6, 6.07) is 22.5. The maximum Gasteiger partial charge on any atom is 0.255 e. The van der Waals surface area contributed by atoms with Crippen LogP contribution < -0.4 is 10.6 Å². The van der Waals surface area contributed by atoms with Gasteiger partial charge in [-0.25, -0.2) is 0 Å². The average molecular weight is 372 g/mol. The molecule has 0 saturated heterocycles. The minimum Gasteiger partial charge on any atom is -0.348 e. The number of benzene rings is 3. The molecule has 0 heterocycles. The summed E-state index contributed by atoms with van der Waals surface area (Å²) in [5, 5.41) is 5.84. The van der Waals surface area contributed by atoms with Crippen LogP contribution in [-0.2, 0) is 13.0 Å². The maximum atomic E-state index is 12.6. The molecule has 0 radical (unpaired) electrons. The van der Waals surface area contributed by atoms with Gasteiger partial charge in [-0.1, -0.05) is 61.0 Å². The quantitative estimate of drug-likeness (QED) is 0.657. The number of para-hydroxylation sites is 1. The Morgan fingerprint density at radius 2 is 1.54 bits per heavy atom. The number of carbonyl (C=O) groups is 2. The molecule has 0 spiro atoms. The molecule has 0 bridgehead atoms. The van der Waals surface area contributed by atoms with Crippen molar-refractivity contribution >= 4 is 17.5 Å². The van der Waals surface area contributed by atoms with Gasteiger partial charge in [0.2, 0.25) is 0 Å². The van der Waals surface area contributed by atoms with Crippen LogP contribution in [0.1, 0.15) is 44.3 Å². The van der Waals surface area contributed by atoms with E-state index >= 15 is 0 Å². The van der Waals surface area contributed by atoms with E-state index in [1.165, 1.54) is 0 Å². The fraction of sp³-hybridized carbons (Fsp3) is 0.167. The van der Waals surface area contributed by atoms with Gasteiger partial charge in [-0.2, -0.15) is 0 Å². The van der Waals surface area contributed by atoms with Crippen LogP contribution in [0.25, 0.3) is 0 Å². The highest BCUT2D eigenvalue weighted by Gasteiger charge is 2.12. The molecule has 142 valence electrons. The molecular formula is C24H24N2O2. The van der Waals surface area contributed by atoms with E-state index in [1.54, 1.807) is 24.3 Å². The zero-order valence-corrected chi connectivity index (χ0v) is 16.2. The van der Waals surface area contributed by atoms with E-state index in [4.69, 9.17) is 0 Å². The third-order valence-corrected chi connectivity index (χ3v) is 4.57. The van der Waals surface area contributed by atoms with Crippen molar-refractivity contribution in [1.82, 2.24) is 5.32 Å². The van der Waals surface area contributed by atoms with Gasteiger partial charge in [-0.05, 0) is 48.7 Å². The summed E-state index contributed by atoms with van der Waals surface area (Å²) in [7, 11) is 0. The summed E-state index contributed by atoms with van der Waals surface area (Å²) >= 11 is 0. The summed E-state index contributed by atoms with van der Waals surface area (Å²) in [6.45, 7) is 4.51. The number of nitrogens with one attached hydrogen (secondary N) is 2. The van der Waals surface area contributed by atoms with E-state index in [9.17, 15) is 9.59 Å². The zero-order chi connectivity index (χ0) is 19.9. The van der Waals surface area contributed by atoms with Crippen molar-refractivity contribution in [1.29, 1.82) is 0 Å². The first-order valence-electron chi connectivity index (χ1n) is 9.40. The minimum atomic E-state index is -0.228. The highest BCUT2D eigenvalue weighted by molar-refractivity contribution is 6.06. The first-order chi connectivity index (χ1) is 13.6. The molecule has 3 aromatic carbocycles. The lowest BCUT2D eigenvalue weighted by Crippen LogP contribution is -2.23. The van der Waals surface area contributed by atoms with Crippen molar-refractivity contribution in [2.45, 2.75) is 26.8 Å². The van der Waals surface area contributed by atoms with Crippen LogP contribution in [0.15, 0.2) is 72.8 Å². The minimum absolute atomic E-state index is 0.204. The number of amides is 2. The molecule has 28 heavy (non-hydrogen) atoms. The van der Waals surface area contributed by atoms with Crippen molar-refractivity contribution in [2.75, 3.05) is 5.32 Å². The summed E-state index contributed by atoms with van der Waals surface area (Å²) < 4.78 is 0. The van der Waals surface area contributed by atoms with Gasteiger partial charge in [0.05, 0.1) is 0 Å². The first-order valence-corrected chi connectivity index (χ1v) is 9.40. The van der Waals surface area contributed by atoms with E-state index in [2.05, 4.69) is 10.6 Å². The predicted octanol–water partition coefficient (Wildman–Crippen LogP) is 4.74. The van der Waals surface area contributed by atoms with Crippen molar-refractivity contribution < 1.29 is 9.59 Å². The Bertz CT molecular complexity index is 995. The summed E-state index contributed by atoms with van der Waals surface area (Å²) in [6.07, 6.45) is 0.831. The normalized spacial score (nSPS) is 10.4. The number of rotatable bonds is 6. The molecule has 4 nitrogen and oxygen atoms in total. The molecule has 0 atom stereocenters. The lowest BCUT2D eigenvalue weighted by Gasteiger charge is -2.11. The van der Waals surface area contributed by atoms with Gasteiger partial charge in [0.1, 0.15) is 0 Å². The van der Waals surface area contributed by atoms with Gasteiger partial charge in [-0.3, -0.25) is 9.59 Å². The molecule has 2 amide bonds. The van der Waals surface area contributed by atoms with Gasteiger partial charge in [0.25, 0.3) is 11.8 Å². The van der Waals surface area contributed by atoms with Crippen molar-refractivity contribution in [3.05, 3.63) is 101 Å². The zero-order valence-electron chi connectivity index (χ0n) is 16.2. The Morgan fingerprint density at radius 1 is 0.821 bits per heavy atom. The second-order valence-electron chi connectivity index (χ2n) is 6.72. The van der Waals surface area contributed by atoms with E-state index in [-0.39, 0.29) is 11.8 Å². The van der Waals surface area contributed by atoms with E-state index in [0.29, 0.717) is 17.7 Å². The Labute approximate surface area is 165 Å². The van der Waals surface area contributed by atoms with Gasteiger partial charge in [0.15, 0.2) is 0 Å². The predicted molar refractivity (Wildman–Crippen MR) is 113 cm³/mol. The molecule has 0 aliphatic heterocycles. The third-order valence-electron chi connectivity index (χ3n) is 4.57. The SMILES string of the molecule is CCc1ccccc1NC(=O)c1cccc(C(=O)NCc2cccc(C)c2)c1. The molecule has 0 fully saturated rings. The number of hydrogen-bond acceptors (Lipinski definition) is 2. The molecule has 0 aromatic heterocycles. The van der Waals surface area contributed by atoms with Gasteiger partial charge in [-0.15, -0.1) is 0 Å². The fourth-order valence-electron chi connectivity index (χ4n) is 3.05. The van der Waals surface area contributed by atoms with Gasteiger partial charge >= 0.3 is 0 Å². The van der Waals surface area contributed by atoms with Crippen LogP contribution in [0.3, 0.4) is 0 Å². The molecule has 0 unspecified atom stereocenters. The number of anilines is 1. The second kappa shape index (κ2) is 9.00. The number of carbonyl (C=O) groups excluding carboxylic acids is 2. The monoisotopic (exact) mass is 372 g/mol. The van der Waals surface area contributed by atoms with Crippen LogP contribution in [0.2, 0.25) is 0 Å². The van der Waals surface area contributed by atoms with E-state index in [0.717, 1.165) is 28.8 Å². The first kappa shape index (κ1) is 19.4. The number of hydrogen-bond donors (Lipinski definition) is 2. The Hall–Kier alpha value is -3.40. The third kappa shape index (κ3) is 4.86. The van der Waals surface area contributed by atoms with Gasteiger partial charge in [0, 0.05) is 23.4 Å². The maximum absolute atomic E-state index is 12.6. The van der Waals surface area contributed by atoms with Crippen LogP contribution in [0.5, 0.6) is 0 Å². The molecular weight excluding hydrogens is 348 g/mol. The fourth-order valence-corrected chi connectivity index (χ4v) is 3.05. The van der Waals surface area contributed by atoms with E-state index in [1.807, 2.05) is 62.4 Å². The highest BCUT2D eigenvalue weighted by Crippen LogP contribution is 2.17. The van der Waals surface area contributed by atoms with Crippen LogP contribution >= 0.6 is 0 Å². The number of aryl methyl sites for hydroxylation is 2. The Kier molecular flexibility index (Phi) is 6.22. The summed E-state index contributed by atoms with van der Waals surface area (Å²) in [5.41, 5.74) is 4.97. The smallest absolute Gasteiger partial charge is 0.255 e. The lowest BCUT2D eigenvalue weighted by molar-refractivity contribution is 0.0951. The largest absolute Gasteiger partial charge is 0.348 e. The molecule has 4 heteroatoms. The van der Waals surface area contributed by atoms with Crippen molar-refractivity contribution in [3.63, 3.8) is 0 Å². The summed E-state index contributed by atoms with van der Waals surface area (Å²) in [4.78, 5) is 25.1. The van der Waals surface area contributed by atoms with Crippen LogP contribution in [-0.4, -0.2) is 11.8 Å². The van der Waals surface area contributed by atoms with Crippen molar-refractivity contribution in [3.8, 4) is 0 Å². The van der Waals surface area contributed by atoms with Crippen LogP contribution in [0.4, 0.5) is 5.69 Å². The highest BCUT2D eigenvalue weighted by atomic mass is 16.2. The standard InChI is InChI=1S/C24H24N2O2/c1-3-19-10-4-5-13-22(19)26-24(28)21-12-7-11-20(15-21)23(27)25-16-18-9-6-8-17(2)14-18/h4-15H,3,16H2,1-2H3,(H,25,27)(H,26,28). The molecule has 3 rings (SSSR count). The topological polar surface area (TPSA) is 58.2 Å². The Morgan fingerprint density at radius 3 is 2.29 bits per heavy atom.